The fraction of sp³-hybridized carbons (Fsp3) is 0.429. The van der Waals surface area contributed by atoms with Gasteiger partial charge in [-0.1, -0.05) is 30.3 Å². The highest BCUT2D eigenvalue weighted by Crippen LogP contribution is 2.18. The van der Waals surface area contributed by atoms with Gasteiger partial charge in [-0.3, -0.25) is 4.79 Å². The van der Waals surface area contributed by atoms with Crippen LogP contribution in [0.1, 0.15) is 18.9 Å². The first-order chi connectivity index (χ1) is 8.99. The number of hydrogen-bond donors (Lipinski definition) is 1. The molecule has 1 unspecified atom stereocenters. The van der Waals surface area contributed by atoms with Gasteiger partial charge in [0.1, 0.15) is 12.2 Å². The third kappa shape index (κ3) is 3.32. The minimum absolute atomic E-state index is 0.0144. The summed E-state index contributed by atoms with van der Waals surface area (Å²) in [5, 5.41) is 9.85. The highest BCUT2D eigenvalue weighted by atomic mass is 16.6. The van der Waals surface area contributed by atoms with Gasteiger partial charge >= 0.3 is 6.09 Å². The number of nitrogens with zero attached hydrogens (tertiary/aromatic N) is 1. The zero-order chi connectivity index (χ0) is 13.9. The van der Waals surface area contributed by atoms with Gasteiger partial charge in [-0.15, -0.1) is 0 Å². The first-order valence-corrected chi connectivity index (χ1v) is 6.20. The van der Waals surface area contributed by atoms with E-state index in [1.807, 2.05) is 30.3 Å². The van der Waals surface area contributed by atoms with Crippen molar-refractivity contribution in [2.75, 3.05) is 13.1 Å². The number of rotatable bonds is 2. The zero-order valence-corrected chi connectivity index (χ0v) is 10.8. The lowest BCUT2D eigenvalue weighted by Crippen LogP contribution is -2.54. The topological polar surface area (TPSA) is 66.8 Å². The van der Waals surface area contributed by atoms with Crippen LogP contribution in [0.25, 0.3) is 0 Å². The summed E-state index contributed by atoms with van der Waals surface area (Å²) in [7, 11) is 0. The molecular formula is C14H17NO4. The Morgan fingerprint density at radius 2 is 2.11 bits per heavy atom. The smallest absolute Gasteiger partial charge is 0.410 e. The Morgan fingerprint density at radius 3 is 2.74 bits per heavy atom. The average molecular weight is 263 g/mol. The number of likely N-dealkylation sites (tertiary alicyclic amines) is 1. The normalized spacial score (nSPS) is 23.3. The van der Waals surface area contributed by atoms with Crippen molar-refractivity contribution in [2.45, 2.75) is 25.6 Å². The first-order valence-electron chi connectivity index (χ1n) is 6.20. The van der Waals surface area contributed by atoms with Gasteiger partial charge in [-0.25, -0.2) is 4.79 Å². The zero-order valence-electron chi connectivity index (χ0n) is 10.8. The summed E-state index contributed by atoms with van der Waals surface area (Å²) in [5.74, 6) is -0.236. The molecule has 1 aliphatic rings. The maximum absolute atomic E-state index is 11.8. The molecule has 1 N–H and O–H groups in total. The minimum Gasteiger partial charge on any atom is -0.445 e. The van der Waals surface area contributed by atoms with E-state index in [0.717, 1.165) is 5.56 Å². The molecule has 1 amide bonds. The lowest BCUT2D eigenvalue weighted by molar-refractivity contribution is -0.141. The summed E-state index contributed by atoms with van der Waals surface area (Å²) in [5.41, 5.74) is -0.569. The Labute approximate surface area is 111 Å². The molecule has 5 nitrogen and oxygen atoms in total. The number of Topliss-reactive ketones (excluding diaryl/α,β-unsaturated/α-hetero) is 1. The summed E-state index contributed by atoms with van der Waals surface area (Å²) in [4.78, 5) is 24.6. The van der Waals surface area contributed by atoms with E-state index in [2.05, 4.69) is 0 Å². The predicted molar refractivity (Wildman–Crippen MR) is 68.4 cm³/mol. The Balaban J connectivity index is 1.89. The Hall–Kier alpha value is -1.88. The van der Waals surface area contributed by atoms with E-state index in [-0.39, 0.29) is 25.4 Å². The SMILES string of the molecule is CC1(O)CN(C(=O)OCc2ccccc2)CCC1=O. The standard InChI is InChI=1S/C14H17NO4/c1-14(18)10-15(8-7-12(14)16)13(17)19-9-11-5-3-2-4-6-11/h2-6,18H,7-10H2,1H3. The number of β-amino-alcohol motifs (C(OH)–C–C–N with tert-alkyl or cyclic N) is 1. The third-order valence-corrected chi connectivity index (χ3v) is 3.17. The van der Waals surface area contributed by atoms with E-state index < -0.39 is 11.7 Å². The van der Waals surface area contributed by atoms with Gasteiger partial charge in [0.05, 0.1) is 6.54 Å². The molecule has 0 saturated carbocycles. The minimum atomic E-state index is -1.47. The van der Waals surface area contributed by atoms with Gasteiger partial charge in [0.2, 0.25) is 0 Å². The van der Waals surface area contributed by atoms with Crippen LogP contribution in [0.2, 0.25) is 0 Å². The van der Waals surface area contributed by atoms with E-state index >= 15 is 0 Å². The van der Waals surface area contributed by atoms with Crippen molar-refractivity contribution in [2.24, 2.45) is 0 Å². The molecule has 5 heteroatoms. The highest BCUT2D eigenvalue weighted by molar-refractivity contribution is 5.89. The van der Waals surface area contributed by atoms with Crippen LogP contribution in [0, 0.1) is 0 Å². The molecule has 1 heterocycles. The van der Waals surface area contributed by atoms with Crippen LogP contribution in [-0.2, 0) is 16.1 Å². The number of carbonyl (C=O) groups is 2. The first kappa shape index (κ1) is 13.5. The number of carbonyl (C=O) groups excluding carboxylic acids is 2. The quantitative estimate of drug-likeness (QED) is 0.874. The molecule has 1 aromatic carbocycles. The van der Waals surface area contributed by atoms with Gasteiger partial charge in [0, 0.05) is 13.0 Å². The van der Waals surface area contributed by atoms with Crippen LogP contribution in [0.3, 0.4) is 0 Å². The molecule has 1 aromatic rings. The molecule has 0 aromatic heterocycles. The summed E-state index contributed by atoms with van der Waals surface area (Å²) >= 11 is 0. The van der Waals surface area contributed by atoms with Gasteiger partial charge in [0.15, 0.2) is 5.78 Å². The molecule has 2 rings (SSSR count). The van der Waals surface area contributed by atoms with Gasteiger partial charge in [-0.05, 0) is 12.5 Å². The van der Waals surface area contributed by atoms with Crippen molar-refractivity contribution in [1.82, 2.24) is 4.90 Å². The number of benzene rings is 1. The Morgan fingerprint density at radius 1 is 1.42 bits per heavy atom. The fourth-order valence-electron chi connectivity index (χ4n) is 2.01. The van der Waals surface area contributed by atoms with Crippen molar-refractivity contribution in [1.29, 1.82) is 0 Å². The van der Waals surface area contributed by atoms with Crippen molar-refractivity contribution in [3.05, 3.63) is 35.9 Å². The number of ether oxygens (including phenoxy) is 1. The summed E-state index contributed by atoms with van der Waals surface area (Å²) in [6.07, 6.45) is -0.343. The Kier molecular flexibility index (Phi) is 3.85. The van der Waals surface area contributed by atoms with Gasteiger partial charge < -0.3 is 14.7 Å². The second-order valence-electron chi connectivity index (χ2n) is 4.91. The lowest BCUT2D eigenvalue weighted by Gasteiger charge is -2.34. The van der Waals surface area contributed by atoms with Gasteiger partial charge in [-0.2, -0.15) is 0 Å². The van der Waals surface area contributed by atoms with Crippen molar-refractivity contribution >= 4 is 11.9 Å². The second kappa shape index (κ2) is 5.40. The molecule has 1 atom stereocenters. The number of ketones is 1. The second-order valence-corrected chi connectivity index (χ2v) is 4.91. The van der Waals surface area contributed by atoms with Crippen LogP contribution in [0.4, 0.5) is 4.79 Å². The van der Waals surface area contributed by atoms with Crippen LogP contribution < -0.4 is 0 Å². The van der Waals surface area contributed by atoms with Gasteiger partial charge in [0.25, 0.3) is 0 Å². The number of hydrogen-bond acceptors (Lipinski definition) is 4. The summed E-state index contributed by atoms with van der Waals surface area (Å²) < 4.78 is 5.16. The maximum atomic E-state index is 11.8. The van der Waals surface area contributed by atoms with E-state index in [9.17, 15) is 14.7 Å². The molecule has 0 bridgehead atoms. The average Bonchev–Trinajstić information content (AvgIpc) is 2.40. The molecular weight excluding hydrogens is 246 g/mol. The number of piperidine rings is 1. The highest BCUT2D eigenvalue weighted by Gasteiger charge is 2.38. The van der Waals surface area contributed by atoms with Crippen molar-refractivity contribution in [3.63, 3.8) is 0 Å². The van der Waals surface area contributed by atoms with Crippen LogP contribution in [0.5, 0.6) is 0 Å². The maximum Gasteiger partial charge on any atom is 0.410 e. The van der Waals surface area contributed by atoms with Crippen molar-refractivity contribution in [3.8, 4) is 0 Å². The monoisotopic (exact) mass is 263 g/mol. The van der Waals surface area contributed by atoms with Crippen molar-refractivity contribution < 1.29 is 19.4 Å². The molecule has 0 aliphatic carbocycles. The molecule has 102 valence electrons. The van der Waals surface area contributed by atoms with Crippen LogP contribution in [-0.4, -0.2) is 40.6 Å². The fourth-order valence-corrected chi connectivity index (χ4v) is 2.01. The van der Waals surface area contributed by atoms with E-state index in [1.54, 1.807) is 0 Å². The molecule has 1 saturated heterocycles. The summed E-state index contributed by atoms with van der Waals surface area (Å²) in [6, 6.07) is 9.35. The predicted octanol–water partition coefficient (Wildman–Crippen LogP) is 1.35. The number of amides is 1. The molecule has 0 spiro atoms. The van der Waals surface area contributed by atoms with Crippen LogP contribution >= 0.6 is 0 Å². The molecule has 19 heavy (non-hydrogen) atoms. The number of aliphatic hydroxyl groups is 1. The van der Waals surface area contributed by atoms with Crippen LogP contribution in [0.15, 0.2) is 30.3 Å². The van der Waals surface area contributed by atoms with E-state index in [4.69, 9.17) is 4.74 Å². The van der Waals surface area contributed by atoms with E-state index in [0.29, 0.717) is 6.54 Å². The Bertz CT molecular complexity index is 470. The van der Waals surface area contributed by atoms with E-state index in [1.165, 1.54) is 11.8 Å². The largest absolute Gasteiger partial charge is 0.445 e. The lowest BCUT2D eigenvalue weighted by atomic mass is 9.94. The summed E-state index contributed by atoms with van der Waals surface area (Å²) in [6.45, 7) is 1.89. The molecule has 1 fully saturated rings. The molecule has 1 aliphatic heterocycles. The third-order valence-electron chi connectivity index (χ3n) is 3.17. The molecule has 0 radical (unpaired) electrons.